The van der Waals surface area contributed by atoms with Gasteiger partial charge in [0, 0.05) is 18.3 Å². The van der Waals surface area contributed by atoms with Gasteiger partial charge in [0.15, 0.2) is 0 Å². The number of rotatable bonds is 6. The van der Waals surface area contributed by atoms with Gasteiger partial charge in [-0.25, -0.2) is 4.68 Å². The first-order chi connectivity index (χ1) is 14.2. The first-order valence-corrected chi connectivity index (χ1v) is 9.01. The van der Waals surface area contributed by atoms with Gasteiger partial charge in [0.25, 0.3) is 0 Å². The fourth-order valence-corrected chi connectivity index (χ4v) is 2.92. The Kier molecular flexibility index (Phi) is 5.07. The van der Waals surface area contributed by atoms with Gasteiger partial charge in [-0.1, -0.05) is 41.6 Å². The molecule has 146 valence electrons. The summed E-state index contributed by atoms with van der Waals surface area (Å²) < 4.78 is 12.2. The first-order valence-electron chi connectivity index (χ1n) is 9.01. The molecule has 0 atom stereocenters. The monoisotopic (exact) mass is 389 g/mol. The second-order valence-corrected chi connectivity index (χ2v) is 6.33. The van der Waals surface area contributed by atoms with Gasteiger partial charge in [0.05, 0.1) is 24.1 Å². The predicted octanol–water partition coefficient (Wildman–Crippen LogP) is 3.17. The maximum absolute atomic E-state index is 12.4. The van der Waals surface area contributed by atoms with Gasteiger partial charge in [0.1, 0.15) is 5.75 Å². The van der Waals surface area contributed by atoms with Crippen LogP contribution in [-0.4, -0.2) is 32.9 Å². The van der Waals surface area contributed by atoms with E-state index >= 15 is 0 Å². The Balaban J connectivity index is 1.50. The molecule has 0 aliphatic rings. The highest BCUT2D eigenvalue weighted by atomic mass is 16.5. The number of carbonyl (C=O) groups excluding carboxylic acids is 1. The number of amides is 1. The third-order valence-corrected chi connectivity index (χ3v) is 4.41. The summed E-state index contributed by atoms with van der Waals surface area (Å²) >= 11 is 0. The molecule has 0 aliphatic carbocycles. The number of benzene rings is 2. The van der Waals surface area contributed by atoms with Crippen molar-refractivity contribution >= 4 is 5.91 Å². The number of nitrogens with zero attached hydrogens (tertiary/aromatic N) is 4. The lowest BCUT2D eigenvalue weighted by atomic mass is 10.2. The Bertz CT molecular complexity index is 1130. The summed E-state index contributed by atoms with van der Waals surface area (Å²) in [5.74, 6) is 0.444. The molecule has 29 heavy (non-hydrogen) atoms. The number of hydrogen-bond donors (Lipinski definition) is 1. The Morgan fingerprint density at radius 3 is 2.69 bits per heavy atom. The van der Waals surface area contributed by atoms with Crippen LogP contribution in [0.15, 0.2) is 65.3 Å². The second kappa shape index (κ2) is 7.97. The molecule has 2 aromatic carbocycles. The topological polar surface area (TPSA) is 95.1 Å². The van der Waals surface area contributed by atoms with Crippen molar-refractivity contribution in [2.24, 2.45) is 0 Å². The SMILES string of the molecule is COc1ccccc1CNC(=O)c1nc(-c2cn(-c3ccccc3)nc2C)no1. The summed E-state index contributed by atoms with van der Waals surface area (Å²) in [6.45, 7) is 2.14. The molecule has 0 spiro atoms. The lowest BCUT2D eigenvalue weighted by Gasteiger charge is -2.07. The zero-order valence-corrected chi connectivity index (χ0v) is 16.0. The van der Waals surface area contributed by atoms with E-state index in [2.05, 4.69) is 20.6 Å². The van der Waals surface area contributed by atoms with E-state index in [-0.39, 0.29) is 12.4 Å². The van der Waals surface area contributed by atoms with Crippen LogP contribution in [0.4, 0.5) is 0 Å². The Morgan fingerprint density at radius 2 is 1.90 bits per heavy atom. The van der Waals surface area contributed by atoms with E-state index < -0.39 is 5.91 Å². The molecule has 1 N–H and O–H groups in total. The molecule has 0 aliphatic heterocycles. The van der Waals surface area contributed by atoms with Crippen LogP contribution < -0.4 is 10.1 Å². The van der Waals surface area contributed by atoms with Crippen LogP contribution in [-0.2, 0) is 6.54 Å². The minimum Gasteiger partial charge on any atom is -0.496 e. The molecule has 4 rings (SSSR count). The van der Waals surface area contributed by atoms with Crippen molar-refractivity contribution in [3.63, 3.8) is 0 Å². The smallest absolute Gasteiger partial charge is 0.316 e. The van der Waals surface area contributed by atoms with Crippen molar-refractivity contribution < 1.29 is 14.1 Å². The zero-order chi connectivity index (χ0) is 20.2. The molecule has 0 saturated carbocycles. The lowest BCUT2D eigenvalue weighted by molar-refractivity contribution is 0.0906. The molecule has 0 fully saturated rings. The van der Waals surface area contributed by atoms with Crippen LogP contribution in [0.3, 0.4) is 0 Å². The molecule has 0 unspecified atom stereocenters. The van der Waals surface area contributed by atoms with Gasteiger partial charge in [-0.05, 0) is 25.1 Å². The summed E-state index contributed by atoms with van der Waals surface area (Å²) in [6, 6.07) is 17.2. The molecule has 2 heterocycles. The van der Waals surface area contributed by atoms with E-state index in [0.717, 1.165) is 16.9 Å². The highest BCUT2D eigenvalue weighted by molar-refractivity contribution is 5.89. The Hall–Kier alpha value is -3.94. The van der Waals surface area contributed by atoms with Crippen molar-refractivity contribution in [1.29, 1.82) is 0 Å². The third kappa shape index (κ3) is 3.86. The number of ether oxygens (including phenoxy) is 1. The number of hydrogen-bond acceptors (Lipinski definition) is 6. The van der Waals surface area contributed by atoms with Crippen molar-refractivity contribution in [3.8, 4) is 22.8 Å². The molecule has 2 aromatic heterocycles. The predicted molar refractivity (Wildman–Crippen MR) is 106 cm³/mol. The average Bonchev–Trinajstić information content (AvgIpc) is 3.39. The van der Waals surface area contributed by atoms with Crippen LogP contribution in [0.25, 0.3) is 17.1 Å². The minimum atomic E-state index is -0.456. The molecular weight excluding hydrogens is 370 g/mol. The molecule has 8 heteroatoms. The molecule has 4 aromatic rings. The van der Waals surface area contributed by atoms with Crippen molar-refractivity contribution in [1.82, 2.24) is 25.2 Å². The fourth-order valence-electron chi connectivity index (χ4n) is 2.92. The number of aryl methyl sites for hydroxylation is 1. The zero-order valence-electron chi connectivity index (χ0n) is 16.0. The summed E-state index contributed by atoms with van der Waals surface area (Å²) in [6.07, 6.45) is 1.81. The number of methoxy groups -OCH3 is 1. The van der Waals surface area contributed by atoms with Crippen molar-refractivity contribution in [3.05, 3.63) is 77.9 Å². The third-order valence-electron chi connectivity index (χ3n) is 4.41. The molecular formula is C21H19N5O3. The van der Waals surface area contributed by atoms with E-state index in [0.29, 0.717) is 17.1 Å². The maximum atomic E-state index is 12.4. The van der Waals surface area contributed by atoms with E-state index in [1.54, 1.807) is 11.8 Å². The van der Waals surface area contributed by atoms with Crippen LogP contribution in [0.1, 0.15) is 21.9 Å². The summed E-state index contributed by atoms with van der Waals surface area (Å²) in [5.41, 5.74) is 3.19. The standard InChI is InChI=1S/C21H19N5O3/c1-14-17(13-26(24-14)16-9-4-3-5-10-16)19-23-21(29-25-19)20(27)22-12-15-8-6-7-11-18(15)28-2/h3-11,13H,12H2,1-2H3,(H,22,27). The van der Waals surface area contributed by atoms with E-state index in [9.17, 15) is 4.79 Å². The first kappa shape index (κ1) is 18.4. The van der Waals surface area contributed by atoms with Crippen LogP contribution in [0.2, 0.25) is 0 Å². The lowest BCUT2D eigenvalue weighted by Crippen LogP contribution is -2.23. The van der Waals surface area contributed by atoms with Gasteiger partial charge in [-0.15, -0.1) is 0 Å². The van der Waals surface area contributed by atoms with Gasteiger partial charge < -0.3 is 14.6 Å². The molecule has 0 bridgehead atoms. The average molecular weight is 389 g/mol. The fraction of sp³-hybridized carbons (Fsp3) is 0.143. The largest absolute Gasteiger partial charge is 0.496 e. The molecule has 0 saturated heterocycles. The van der Waals surface area contributed by atoms with Crippen LogP contribution in [0.5, 0.6) is 5.75 Å². The number of aromatic nitrogens is 4. The van der Waals surface area contributed by atoms with E-state index in [4.69, 9.17) is 9.26 Å². The maximum Gasteiger partial charge on any atom is 0.316 e. The van der Waals surface area contributed by atoms with Gasteiger partial charge in [-0.2, -0.15) is 10.1 Å². The number of para-hydroxylation sites is 2. The van der Waals surface area contributed by atoms with Crippen molar-refractivity contribution in [2.75, 3.05) is 7.11 Å². The van der Waals surface area contributed by atoms with Gasteiger partial charge in [-0.3, -0.25) is 4.79 Å². The molecule has 0 radical (unpaired) electrons. The molecule has 8 nitrogen and oxygen atoms in total. The number of carbonyl (C=O) groups is 1. The summed E-state index contributed by atoms with van der Waals surface area (Å²) in [5, 5.41) is 11.2. The summed E-state index contributed by atoms with van der Waals surface area (Å²) in [7, 11) is 1.59. The van der Waals surface area contributed by atoms with Crippen LogP contribution in [0, 0.1) is 6.92 Å². The number of nitrogens with one attached hydrogen (secondary N) is 1. The van der Waals surface area contributed by atoms with Gasteiger partial charge in [0.2, 0.25) is 5.82 Å². The minimum absolute atomic E-state index is 0.109. The molecule has 1 amide bonds. The van der Waals surface area contributed by atoms with Crippen molar-refractivity contribution in [2.45, 2.75) is 13.5 Å². The normalized spacial score (nSPS) is 10.7. The quantitative estimate of drug-likeness (QED) is 0.544. The van der Waals surface area contributed by atoms with Gasteiger partial charge >= 0.3 is 11.8 Å². The summed E-state index contributed by atoms with van der Waals surface area (Å²) in [4.78, 5) is 16.6. The highest BCUT2D eigenvalue weighted by Gasteiger charge is 2.19. The van der Waals surface area contributed by atoms with Crippen LogP contribution >= 0.6 is 0 Å². The van der Waals surface area contributed by atoms with E-state index in [1.165, 1.54) is 0 Å². The highest BCUT2D eigenvalue weighted by Crippen LogP contribution is 2.22. The Morgan fingerprint density at radius 1 is 1.14 bits per heavy atom. The second-order valence-electron chi connectivity index (χ2n) is 6.33. The Labute approximate surface area is 167 Å². The van der Waals surface area contributed by atoms with E-state index in [1.807, 2.05) is 67.7 Å².